The zero-order valence-electron chi connectivity index (χ0n) is 13.2. The third kappa shape index (κ3) is 3.31. The number of carbonyl (C=O) groups is 2. The summed E-state index contributed by atoms with van der Waals surface area (Å²) in [4.78, 5) is 22.2. The largest absolute Gasteiger partial charge is 0.494 e. The Balaban J connectivity index is 2.07. The van der Waals surface area contributed by atoms with Gasteiger partial charge in [-0.15, -0.1) is 0 Å². The number of Topliss-reactive ketones (excluding diaryl/α,β-unsaturated/α-hetero) is 1. The first-order chi connectivity index (χ1) is 10.1. The molecule has 0 spiro atoms. The molecular weight excluding hydrogens is 285 g/mol. The number of benzene rings is 1. The topological polar surface area (TPSA) is 84.9 Å². The second-order valence-electron chi connectivity index (χ2n) is 6.29. The van der Waals surface area contributed by atoms with Crippen molar-refractivity contribution < 1.29 is 24.0 Å². The Hall–Kier alpha value is -1.86. The minimum Gasteiger partial charge on any atom is -0.465 e. The maximum Gasteiger partial charge on any atom is 0.494 e. The molecule has 0 radical (unpaired) electrons. The van der Waals surface area contributed by atoms with Crippen LogP contribution in [0.4, 0.5) is 4.79 Å². The Labute approximate surface area is 129 Å². The van der Waals surface area contributed by atoms with Crippen LogP contribution in [0, 0.1) is 0 Å². The summed E-state index contributed by atoms with van der Waals surface area (Å²) in [6.07, 6.45) is -1.22. The molecule has 1 aromatic rings. The maximum atomic E-state index is 11.8. The number of nitrogens with one attached hydrogen (secondary N) is 1. The molecule has 0 unspecified atom stereocenters. The Kier molecular flexibility index (Phi) is 4.31. The van der Waals surface area contributed by atoms with Gasteiger partial charge in [0.2, 0.25) is 0 Å². The van der Waals surface area contributed by atoms with Crippen molar-refractivity contribution in [2.45, 2.75) is 38.9 Å². The summed E-state index contributed by atoms with van der Waals surface area (Å²) in [6.45, 7) is 7.65. The first-order valence-electron chi connectivity index (χ1n) is 7.08. The summed E-state index contributed by atoms with van der Waals surface area (Å²) >= 11 is 0. The highest BCUT2D eigenvalue weighted by molar-refractivity contribution is 6.62. The molecule has 1 aromatic carbocycles. The molecule has 1 aliphatic heterocycles. The molecule has 118 valence electrons. The van der Waals surface area contributed by atoms with Crippen molar-refractivity contribution in [2.24, 2.45) is 0 Å². The van der Waals surface area contributed by atoms with Crippen molar-refractivity contribution in [3.63, 3.8) is 0 Å². The van der Waals surface area contributed by atoms with Gasteiger partial charge < -0.3 is 19.7 Å². The first-order valence-corrected chi connectivity index (χ1v) is 7.08. The predicted molar refractivity (Wildman–Crippen MR) is 82.5 cm³/mol. The fourth-order valence-electron chi connectivity index (χ4n) is 2.06. The lowest BCUT2D eigenvalue weighted by Crippen LogP contribution is -2.41. The molecule has 0 aromatic heterocycles. The smallest absolute Gasteiger partial charge is 0.465 e. The molecule has 6 nitrogen and oxygen atoms in total. The third-order valence-electron chi connectivity index (χ3n) is 4.16. The van der Waals surface area contributed by atoms with Gasteiger partial charge in [0, 0.05) is 5.56 Å². The molecule has 22 heavy (non-hydrogen) atoms. The molecule has 0 aliphatic carbocycles. The molecule has 2 rings (SSSR count). The van der Waals surface area contributed by atoms with Crippen molar-refractivity contribution in [1.82, 2.24) is 5.32 Å². The molecule has 0 saturated carbocycles. The van der Waals surface area contributed by atoms with E-state index in [2.05, 4.69) is 5.32 Å². The van der Waals surface area contributed by atoms with Gasteiger partial charge in [-0.2, -0.15) is 0 Å². The Morgan fingerprint density at radius 1 is 1.09 bits per heavy atom. The van der Waals surface area contributed by atoms with Gasteiger partial charge in [-0.05, 0) is 33.2 Å². The van der Waals surface area contributed by atoms with Crippen LogP contribution in [0.1, 0.15) is 38.1 Å². The molecule has 2 N–H and O–H groups in total. The SMILES string of the molecule is CC1(C)OB(c2ccc(C(=O)CNC(=O)O)cc2)OC1(C)C. The van der Waals surface area contributed by atoms with E-state index in [9.17, 15) is 9.59 Å². The van der Waals surface area contributed by atoms with E-state index in [1.807, 2.05) is 27.7 Å². The third-order valence-corrected chi connectivity index (χ3v) is 4.16. The molecule has 1 amide bonds. The molecule has 1 fully saturated rings. The predicted octanol–water partition coefficient (Wildman–Crippen LogP) is 1.44. The van der Waals surface area contributed by atoms with E-state index in [0.717, 1.165) is 5.46 Å². The Morgan fingerprint density at radius 3 is 2.05 bits per heavy atom. The Morgan fingerprint density at radius 2 is 1.59 bits per heavy atom. The highest BCUT2D eigenvalue weighted by atomic mass is 16.7. The number of ketones is 1. The first kappa shape index (κ1) is 16.5. The van der Waals surface area contributed by atoms with Gasteiger partial charge >= 0.3 is 13.2 Å². The van der Waals surface area contributed by atoms with Gasteiger partial charge in [-0.1, -0.05) is 24.3 Å². The number of rotatable bonds is 4. The maximum absolute atomic E-state index is 11.8. The van der Waals surface area contributed by atoms with Gasteiger partial charge in [0.1, 0.15) is 0 Å². The minimum atomic E-state index is -1.22. The minimum absolute atomic E-state index is 0.245. The highest BCUT2D eigenvalue weighted by Crippen LogP contribution is 2.36. The molecule has 1 heterocycles. The van der Waals surface area contributed by atoms with Crippen LogP contribution >= 0.6 is 0 Å². The number of amides is 1. The van der Waals surface area contributed by atoms with Crippen LogP contribution in [0.5, 0.6) is 0 Å². The van der Waals surface area contributed by atoms with Gasteiger partial charge in [-0.25, -0.2) is 4.79 Å². The lowest BCUT2D eigenvalue weighted by molar-refractivity contribution is 0.00578. The van der Waals surface area contributed by atoms with E-state index in [1.54, 1.807) is 24.3 Å². The van der Waals surface area contributed by atoms with E-state index in [1.165, 1.54) is 0 Å². The van der Waals surface area contributed by atoms with E-state index >= 15 is 0 Å². The summed E-state index contributed by atoms with van der Waals surface area (Å²) in [6, 6.07) is 6.81. The van der Waals surface area contributed by atoms with Crippen LogP contribution in [0.15, 0.2) is 24.3 Å². The molecule has 1 aliphatic rings. The van der Waals surface area contributed by atoms with Crippen molar-refractivity contribution >= 4 is 24.5 Å². The second-order valence-corrected chi connectivity index (χ2v) is 6.29. The fourth-order valence-corrected chi connectivity index (χ4v) is 2.06. The van der Waals surface area contributed by atoms with Crippen LogP contribution in [-0.2, 0) is 9.31 Å². The van der Waals surface area contributed by atoms with Crippen LogP contribution in [0.3, 0.4) is 0 Å². The average Bonchev–Trinajstić information content (AvgIpc) is 2.65. The zero-order chi connectivity index (χ0) is 16.5. The van der Waals surface area contributed by atoms with Crippen LogP contribution < -0.4 is 10.8 Å². The summed E-state index contributed by atoms with van der Waals surface area (Å²) in [5.41, 5.74) is 0.421. The quantitative estimate of drug-likeness (QED) is 0.649. The summed E-state index contributed by atoms with van der Waals surface area (Å²) in [7, 11) is -0.480. The number of carboxylic acid groups (broad SMARTS) is 1. The van der Waals surface area contributed by atoms with Gasteiger partial charge in [-0.3, -0.25) is 4.79 Å². The van der Waals surface area contributed by atoms with Gasteiger partial charge in [0.25, 0.3) is 0 Å². The lowest BCUT2D eigenvalue weighted by Gasteiger charge is -2.32. The Bertz CT molecular complexity index is 566. The average molecular weight is 305 g/mol. The molecule has 0 bridgehead atoms. The summed E-state index contributed by atoms with van der Waals surface area (Å²) in [5, 5.41) is 10.6. The van der Waals surface area contributed by atoms with E-state index < -0.39 is 24.4 Å². The number of hydrogen-bond acceptors (Lipinski definition) is 4. The van der Waals surface area contributed by atoms with E-state index in [-0.39, 0.29) is 12.3 Å². The summed E-state index contributed by atoms with van der Waals surface area (Å²) in [5.74, 6) is -0.289. The second kappa shape index (κ2) is 5.74. The number of hydrogen-bond donors (Lipinski definition) is 2. The van der Waals surface area contributed by atoms with Crippen molar-refractivity contribution in [2.75, 3.05) is 6.54 Å². The van der Waals surface area contributed by atoms with Crippen LogP contribution in [0.2, 0.25) is 0 Å². The normalized spacial score (nSPS) is 19.0. The van der Waals surface area contributed by atoms with Crippen molar-refractivity contribution in [3.05, 3.63) is 29.8 Å². The molecule has 0 atom stereocenters. The van der Waals surface area contributed by atoms with E-state index in [0.29, 0.717) is 5.56 Å². The number of carbonyl (C=O) groups excluding carboxylic acids is 1. The fraction of sp³-hybridized carbons (Fsp3) is 0.467. The van der Waals surface area contributed by atoms with Crippen molar-refractivity contribution in [3.8, 4) is 0 Å². The zero-order valence-corrected chi connectivity index (χ0v) is 13.2. The monoisotopic (exact) mass is 305 g/mol. The van der Waals surface area contributed by atoms with E-state index in [4.69, 9.17) is 14.4 Å². The molecule has 7 heteroatoms. The molecule has 1 saturated heterocycles. The van der Waals surface area contributed by atoms with Crippen molar-refractivity contribution in [1.29, 1.82) is 0 Å². The van der Waals surface area contributed by atoms with Crippen LogP contribution in [-0.4, -0.2) is 41.8 Å². The summed E-state index contributed by atoms with van der Waals surface area (Å²) < 4.78 is 11.9. The van der Waals surface area contributed by atoms with Gasteiger partial charge in [0.15, 0.2) is 5.78 Å². The van der Waals surface area contributed by atoms with Crippen LogP contribution in [0.25, 0.3) is 0 Å². The lowest BCUT2D eigenvalue weighted by atomic mass is 9.78. The molecular formula is C15H20BNO5. The standard InChI is InChI=1S/C15H20BNO5/c1-14(2)15(3,4)22-16(21-14)11-7-5-10(6-8-11)12(18)9-17-13(19)20/h5-8,17H,9H2,1-4H3,(H,19,20). The van der Waals surface area contributed by atoms with Gasteiger partial charge in [0.05, 0.1) is 17.7 Å². The highest BCUT2D eigenvalue weighted by Gasteiger charge is 2.51.